The van der Waals surface area contributed by atoms with Gasteiger partial charge in [0.15, 0.2) is 4.34 Å². The van der Waals surface area contributed by atoms with Gasteiger partial charge in [0.2, 0.25) is 16.9 Å². The highest BCUT2D eigenvalue weighted by Gasteiger charge is 2.21. The molecule has 2 amide bonds. The molecule has 1 atom stereocenters. The molecule has 1 heterocycles. The number of hydrogen-bond donors (Lipinski definition) is 2. The molecule has 1 aromatic carbocycles. The first-order valence-electron chi connectivity index (χ1n) is 8.93. The maximum Gasteiger partial charge on any atom is 0.248 e. The molecule has 0 aliphatic carbocycles. The number of hydrogen-bond acceptors (Lipinski definition) is 7. The van der Waals surface area contributed by atoms with Gasteiger partial charge in [0.25, 0.3) is 0 Å². The molecule has 7 nitrogen and oxygen atoms in total. The van der Waals surface area contributed by atoms with Gasteiger partial charge in [-0.2, -0.15) is 0 Å². The van der Waals surface area contributed by atoms with E-state index in [9.17, 15) is 18.4 Å². The zero-order chi connectivity index (χ0) is 21.4. The average molecular weight is 444 g/mol. The number of anilines is 1. The van der Waals surface area contributed by atoms with Gasteiger partial charge in [0.05, 0.1) is 6.42 Å². The minimum Gasteiger partial charge on any atom is -0.344 e. The largest absolute Gasteiger partial charge is 0.344 e. The van der Waals surface area contributed by atoms with Crippen LogP contribution in [-0.4, -0.2) is 59.3 Å². The molecular weight excluding hydrogens is 420 g/mol. The van der Waals surface area contributed by atoms with Crippen LogP contribution in [0, 0.1) is 11.6 Å². The number of nitrogens with zero attached hydrogens (tertiary/aromatic N) is 3. The lowest BCUT2D eigenvalue weighted by atomic mass is 10.1. The normalized spacial score (nSPS) is 12.1. The Balaban J connectivity index is 1.88. The molecule has 29 heavy (non-hydrogen) atoms. The highest BCUT2D eigenvalue weighted by Crippen LogP contribution is 2.25. The molecule has 0 saturated heterocycles. The second-order valence-electron chi connectivity index (χ2n) is 6.50. The van der Waals surface area contributed by atoms with Crippen molar-refractivity contribution in [3.8, 4) is 0 Å². The van der Waals surface area contributed by atoms with Gasteiger partial charge in [-0.25, -0.2) is 8.78 Å². The number of carbonyl (C=O) groups excluding carboxylic acids is 2. The van der Waals surface area contributed by atoms with E-state index in [1.807, 2.05) is 14.1 Å². The summed E-state index contributed by atoms with van der Waals surface area (Å²) in [5, 5.41) is 13.5. The van der Waals surface area contributed by atoms with Crippen molar-refractivity contribution in [2.24, 2.45) is 0 Å². The van der Waals surface area contributed by atoms with E-state index in [0.717, 1.165) is 34.8 Å². The van der Waals surface area contributed by atoms with Crippen LogP contribution in [0.15, 0.2) is 22.5 Å². The molecule has 0 radical (unpaired) electrons. The molecular formula is C18H23F2N5O2S2. The van der Waals surface area contributed by atoms with Crippen LogP contribution in [0.2, 0.25) is 0 Å². The van der Waals surface area contributed by atoms with Gasteiger partial charge in [-0.05, 0) is 38.2 Å². The van der Waals surface area contributed by atoms with Gasteiger partial charge in [0, 0.05) is 18.4 Å². The van der Waals surface area contributed by atoms with Crippen LogP contribution >= 0.6 is 23.1 Å². The maximum absolute atomic E-state index is 13.2. The van der Waals surface area contributed by atoms with E-state index in [1.54, 1.807) is 18.7 Å². The fourth-order valence-corrected chi connectivity index (χ4v) is 4.26. The molecule has 1 unspecified atom stereocenters. The van der Waals surface area contributed by atoms with Crippen molar-refractivity contribution in [2.45, 2.75) is 30.1 Å². The molecule has 158 valence electrons. The van der Waals surface area contributed by atoms with Crippen molar-refractivity contribution in [1.82, 2.24) is 20.4 Å². The van der Waals surface area contributed by atoms with Crippen molar-refractivity contribution in [2.75, 3.05) is 31.7 Å². The number of rotatable bonds is 10. The van der Waals surface area contributed by atoms with Crippen LogP contribution in [0.5, 0.6) is 0 Å². The summed E-state index contributed by atoms with van der Waals surface area (Å²) >= 11 is 2.81. The lowest BCUT2D eigenvalue weighted by Crippen LogP contribution is -2.44. The van der Waals surface area contributed by atoms with Crippen molar-refractivity contribution < 1.29 is 18.4 Å². The highest BCUT2D eigenvalue weighted by atomic mass is 32.2. The van der Waals surface area contributed by atoms with Gasteiger partial charge in [-0.1, -0.05) is 30.0 Å². The molecule has 0 bridgehead atoms. The molecule has 1 aromatic heterocycles. The maximum atomic E-state index is 13.2. The smallest absolute Gasteiger partial charge is 0.248 e. The average Bonchev–Trinajstić information content (AvgIpc) is 3.05. The van der Waals surface area contributed by atoms with Gasteiger partial charge in [0.1, 0.15) is 17.7 Å². The zero-order valence-corrected chi connectivity index (χ0v) is 18.0. The summed E-state index contributed by atoms with van der Waals surface area (Å²) in [7, 11) is 3.96. The topological polar surface area (TPSA) is 87.2 Å². The number of amides is 2. The molecule has 0 spiro atoms. The Bertz CT molecular complexity index is 827. The van der Waals surface area contributed by atoms with Crippen molar-refractivity contribution in [3.63, 3.8) is 0 Å². The highest BCUT2D eigenvalue weighted by molar-refractivity contribution is 8.01. The minimum atomic E-state index is -0.797. The standard InChI is InChI=1S/C18H23F2N5O2S2/c1-4-14(21-15(26)9-11-7-12(19)10-13(20)8-11)16(27)22-17-23-24-18(29-17)28-6-5-25(2)3/h7-8,10,14H,4-6,9H2,1-3H3,(H,21,26)(H,22,23,27). The molecule has 11 heteroatoms. The third-order valence-corrected chi connectivity index (χ3v) is 5.70. The number of aromatic nitrogens is 2. The van der Waals surface area contributed by atoms with Gasteiger partial charge < -0.3 is 10.2 Å². The van der Waals surface area contributed by atoms with E-state index in [2.05, 4.69) is 25.7 Å². The van der Waals surface area contributed by atoms with Crippen LogP contribution in [0.25, 0.3) is 0 Å². The summed E-state index contributed by atoms with van der Waals surface area (Å²) in [4.78, 5) is 26.7. The second kappa shape index (κ2) is 11.2. The molecule has 0 aliphatic heterocycles. The van der Waals surface area contributed by atoms with E-state index in [4.69, 9.17) is 0 Å². The van der Waals surface area contributed by atoms with Crippen molar-refractivity contribution >= 4 is 40.0 Å². The summed E-state index contributed by atoms with van der Waals surface area (Å²) < 4.78 is 27.2. The number of benzene rings is 1. The number of carbonyl (C=O) groups is 2. The van der Waals surface area contributed by atoms with Gasteiger partial charge in [-0.15, -0.1) is 10.2 Å². The molecule has 0 saturated carbocycles. The second-order valence-corrected chi connectivity index (χ2v) is 8.82. The quantitative estimate of drug-likeness (QED) is 0.434. The first-order chi connectivity index (χ1) is 13.8. The Labute approximate surface area is 176 Å². The zero-order valence-electron chi connectivity index (χ0n) is 16.4. The molecule has 2 aromatic rings. The van der Waals surface area contributed by atoms with Gasteiger partial charge >= 0.3 is 0 Å². The minimum absolute atomic E-state index is 0.193. The summed E-state index contributed by atoms with van der Waals surface area (Å²) in [5.74, 6) is -1.59. The molecule has 0 fully saturated rings. The van der Waals surface area contributed by atoms with Crippen LogP contribution < -0.4 is 10.6 Å². The third-order valence-electron chi connectivity index (χ3n) is 3.75. The molecule has 2 rings (SSSR count). The molecule has 0 aliphatic rings. The summed E-state index contributed by atoms with van der Waals surface area (Å²) in [5.41, 5.74) is 0.193. The lowest BCUT2D eigenvalue weighted by molar-refractivity contribution is -0.126. The third kappa shape index (κ3) is 8.03. The Hall–Kier alpha value is -2.11. The number of nitrogens with one attached hydrogen (secondary N) is 2. The molecule has 2 N–H and O–H groups in total. The monoisotopic (exact) mass is 443 g/mol. The Kier molecular flexibility index (Phi) is 8.93. The van der Waals surface area contributed by atoms with Crippen LogP contribution in [0.1, 0.15) is 18.9 Å². The first-order valence-corrected chi connectivity index (χ1v) is 10.7. The Morgan fingerprint density at radius 2 is 1.90 bits per heavy atom. The van der Waals surface area contributed by atoms with Crippen LogP contribution in [0.4, 0.5) is 13.9 Å². The van der Waals surface area contributed by atoms with E-state index >= 15 is 0 Å². The fraction of sp³-hybridized carbons (Fsp3) is 0.444. The van der Waals surface area contributed by atoms with E-state index in [0.29, 0.717) is 11.6 Å². The number of halogens is 2. The first kappa shape index (κ1) is 23.2. The predicted molar refractivity (Wildman–Crippen MR) is 110 cm³/mol. The van der Waals surface area contributed by atoms with Crippen LogP contribution in [0.3, 0.4) is 0 Å². The Morgan fingerprint density at radius 3 is 2.52 bits per heavy atom. The summed E-state index contributed by atoms with van der Waals surface area (Å²) in [6.07, 6.45) is 0.113. The fourth-order valence-electron chi connectivity index (χ4n) is 2.32. The van der Waals surface area contributed by atoms with Crippen molar-refractivity contribution in [1.29, 1.82) is 0 Å². The van der Waals surface area contributed by atoms with Crippen molar-refractivity contribution in [3.05, 3.63) is 35.4 Å². The van der Waals surface area contributed by atoms with E-state index in [-0.39, 0.29) is 12.0 Å². The Morgan fingerprint density at radius 1 is 1.21 bits per heavy atom. The predicted octanol–water partition coefficient (Wildman–Crippen LogP) is 2.55. The van der Waals surface area contributed by atoms with Crippen LogP contribution in [-0.2, 0) is 16.0 Å². The SMILES string of the molecule is CCC(NC(=O)Cc1cc(F)cc(F)c1)C(=O)Nc1nnc(SCCN(C)C)s1. The summed E-state index contributed by atoms with van der Waals surface area (Å²) in [6.45, 7) is 2.64. The van der Waals surface area contributed by atoms with Gasteiger partial charge in [-0.3, -0.25) is 14.9 Å². The van der Waals surface area contributed by atoms with E-state index in [1.165, 1.54) is 11.3 Å². The lowest BCUT2D eigenvalue weighted by Gasteiger charge is -2.15. The summed E-state index contributed by atoms with van der Waals surface area (Å²) in [6, 6.07) is 2.11. The number of thioether (sulfide) groups is 1. The van der Waals surface area contributed by atoms with E-state index < -0.39 is 29.5 Å².